The minimum atomic E-state index is 0.100. The lowest BCUT2D eigenvalue weighted by molar-refractivity contribution is 0.0594. The maximum atomic E-state index is 12.8. The largest absolute Gasteiger partial charge is 0.397 e. The molecule has 1 aliphatic rings. The first kappa shape index (κ1) is 13.4. The Bertz CT molecular complexity index is 649. The summed E-state index contributed by atoms with van der Waals surface area (Å²) in [5.74, 6) is 0.803. The van der Waals surface area contributed by atoms with Gasteiger partial charge in [0, 0.05) is 22.7 Å². The molecule has 4 heteroatoms. The molecule has 0 spiro atoms. The number of nitrogen functional groups attached to an aromatic ring is 1. The van der Waals surface area contributed by atoms with Crippen LogP contribution in [0.5, 0.6) is 0 Å². The van der Waals surface area contributed by atoms with Crippen molar-refractivity contribution < 1.29 is 4.79 Å². The van der Waals surface area contributed by atoms with E-state index in [1.165, 1.54) is 11.3 Å². The minimum Gasteiger partial charge on any atom is -0.397 e. The van der Waals surface area contributed by atoms with Crippen molar-refractivity contribution in [1.29, 1.82) is 0 Å². The first-order chi connectivity index (χ1) is 9.58. The van der Waals surface area contributed by atoms with E-state index in [1.807, 2.05) is 29.2 Å². The molecule has 2 unspecified atom stereocenters. The molecule has 1 aromatic carbocycles. The first-order valence-corrected chi connectivity index (χ1v) is 7.97. The molecular weight excluding hydrogens is 268 g/mol. The molecule has 1 fully saturated rings. The second-order valence-corrected chi connectivity index (χ2v) is 6.87. The zero-order valence-electron chi connectivity index (χ0n) is 11.9. The van der Waals surface area contributed by atoms with Gasteiger partial charge >= 0.3 is 0 Å². The number of nitrogens with zero attached hydrogens (tertiary/aromatic N) is 1. The molecule has 0 radical (unpaired) electrons. The number of thiophene rings is 1. The number of amides is 1. The van der Waals surface area contributed by atoms with E-state index in [4.69, 9.17) is 5.73 Å². The summed E-state index contributed by atoms with van der Waals surface area (Å²) in [6.45, 7) is 5.23. The van der Waals surface area contributed by atoms with Crippen molar-refractivity contribution in [3.8, 4) is 0 Å². The maximum absolute atomic E-state index is 12.8. The minimum absolute atomic E-state index is 0.100. The molecule has 1 aliphatic heterocycles. The van der Waals surface area contributed by atoms with E-state index in [1.54, 1.807) is 0 Å². The van der Waals surface area contributed by atoms with E-state index in [0.717, 1.165) is 29.5 Å². The van der Waals surface area contributed by atoms with E-state index >= 15 is 0 Å². The first-order valence-electron chi connectivity index (χ1n) is 7.16. The number of carbonyl (C=O) groups is 1. The third-order valence-corrected chi connectivity index (χ3v) is 5.40. The van der Waals surface area contributed by atoms with Gasteiger partial charge in [0.1, 0.15) is 4.88 Å². The number of likely N-dealkylation sites (tertiary alicyclic amines) is 1. The Kier molecular flexibility index (Phi) is 3.42. The summed E-state index contributed by atoms with van der Waals surface area (Å²) < 4.78 is 1.09. The fraction of sp³-hybridized carbons (Fsp3) is 0.438. The van der Waals surface area contributed by atoms with E-state index < -0.39 is 0 Å². The Balaban J connectivity index is 1.94. The maximum Gasteiger partial charge on any atom is 0.266 e. The highest BCUT2D eigenvalue weighted by Gasteiger charge is 2.29. The van der Waals surface area contributed by atoms with Gasteiger partial charge in [0.25, 0.3) is 5.91 Å². The Morgan fingerprint density at radius 3 is 2.80 bits per heavy atom. The lowest BCUT2D eigenvalue weighted by atomic mass is 9.93. The van der Waals surface area contributed by atoms with E-state index in [-0.39, 0.29) is 5.91 Å². The molecule has 0 bridgehead atoms. The van der Waals surface area contributed by atoms with Gasteiger partial charge in [-0.25, -0.2) is 0 Å². The number of carbonyl (C=O) groups excluding carboxylic acids is 1. The van der Waals surface area contributed by atoms with Crippen LogP contribution in [0.3, 0.4) is 0 Å². The summed E-state index contributed by atoms with van der Waals surface area (Å²) in [6.07, 6.45) is 2.16. The van der Waals surface area contributed by atoms with Gasteiger partial charge in [-0.05, 0) is 31.7 Å². The monoisotopic (exact) mass is 288 g/mol. The lowest BCUT2D eigenvalue weighted by Gasteiger charge is -2.36. The Morgan fingerprint density at radius 1 is 1.35 bits per heavy atom. The van der Waals surface area contributed by atoms with Crippen LogP contribution in [-0.2, 0) is 0 Å². The molecule has 2 atom stereocenters. The normalized spacial score (nSPS) is 23.2. The molecule has 0 aliphatic carbocycles. The highest BCUT2D eigenvalue weighted by Crippen LogP contribution is 2.35. The summed E-state index contributed by atoms with van der Waals surface area (Å²) in [5, 5.41) is 0.999. The van der Waals surface area contributed by atoms with Gasteiger partial charge in [-0.2, -0.15) is 0 Å². The van der Waals surface area contributed by atoms with Crippen LogP contribution in [-0.4, -0.2) is 23.4 Å². The number of fused-ring (bicyclic) bond motifs is 1. The molecule has 2 heterocycles. The fourth-order valence-corrected chi connectivity index (χ4v) is 4.14. The molecule has 0 saturated carbocycles. The van der Waals surface area contributed by atoms with Crippen LogP contribution in [0.15, 0.2) is 24.3 Å². The second kappa shape index (κ2) is 5.09. The molecule has 3 rings (SSSR count). The molecule has 3 nitrogen and oxygen atoms in total. The highest BCUT2D eigenvalue weighted by atomic mass is 32.1. The van der Waals surface area contributed by atoms with Crippen LogP contribution >= 0.6 is 11.3 Å². The molecule has 1 amide bonds. The van der Waals surface area contributed by atoms with Crippen LogP contribution < -0.4 is 5.73 Å². The van der Waals surface area contributed by atoms with Crippen molar-refractivity contribution in [3.05, 3.63) is 29.1 Å². The van der Waals surface area contributed by atoms with Crippen LogP contribution in [0.2, 0.25) is 0 Å². The van der Waals surface area contributed by atoms with Crippen molar-refractivity contribution in [2.75, 3.05) is 12.3 Å². The summed E-state index contributed by atoms with van der Waals surface area (Å²) in [7, 11) is 0. The van der Waals surface area contributed by atoms with Crippen molar-refractivity contribution >= 4 is 33.0 Å². The lowest BCUT2D eigenvalue weighted by Crippen LogP contribution is -2.44. The van der Waals surface area contributed by atoms with Crippen molar-refractivity contribution in [3.63, 3.8) is 0 Å². The van der Waals surface area contributed by atoms with E-state index in [2.05, 4.69) is 13.8 Å². The molecular formula is C16H20N2OS. The van der Waals surface area contributed by atoms with Gasteiger partial charge in [0.05, 0.1) is 5.69 Å². The smallest absolute Gasteiger partial charge is 0.266 e. The predicted octanol–water partition coefficient (Wildman–Crippen LogP) is 3.74. The number of anilines is 1. The fourth-order valence-electron chi connectivity index (χ4n) is 3.06. The molecule has 2 N–H and O–H groups in total. The zero-order valence-corrected chi connectivity index (χ0v) is 12.7. The third-order valence-electron chi connectivity index (χ3n) is 4.23. The predicted molar refractivity (Wildman–Crippen MR) is 85.1 cm³/mol. The van der Waals surface area contributed by atoms with E-state index in [9.17, 15) is 4.79 Å². The molecule has 1 saturated heterocycles. The summed E-state index contributed by atoms with van der Waals surface area (Å²) in [6, 6.07) is 8.26. The topological polar surface area (TPSA) is 46.3 Å². The number of nitrogens with two attached hydrogens (primary N) is 1. The Morgan fingerprint density at radius 2 is 2.10 bits per heavy atom. The van der Waals surface area contributed by atoms with Crippen LogP contribution in [0.1, 0.15) is 36.4 Å². The SMILES string of the molecule is CC1CCN(C(=O)c2sc3ccccc3c2N)C(C)C1. The quantitative estimate of drug-likeness (QED) is 0.868. The van der Waals surface area contributed by atoms with Gasteiger partial charge < -0.3 is 10.6 Å². The van der Waals surface area contributed by atoms with Crippen molar-refractivity contribution in [2.24, 2.45) is 5.92 Å². The molecule has 2 aromatic rings. The highest BCUT2D eigenvalue weighted by molar-refractivity contribution is 7.21. The number of hydrogen-bond donors (Lipinski definition) is 1. The second-order valence-electron chi connectivity index (χ2n) is 5.82. The number of benzene rings is 1. The number of rotatable bonds is 1. The van der Waals surface area contributed by atoms with Crippen LogP contribution in [0.4, 0.5) is 5.69 Å². The zero-order chi connectivity index (χ0) is 14.3. The van der Waals surface area contributed by atoms with Crippen molar-refractivity contribution in [2.45, 2.75) is 32.7 Å². The summed E-state index contributed by atoms with van der Waals surface area (Å²) >= 11 is 1.51. The number of piperidine rings is 1. The van der Waals surface area contributed by atoms with Crippen molar-refractivity contribution in [1.82, 2.24) is 4.90 Å². The molecule has 106 valence electrons. The van der Waals surface area contributed by atoms with Gasteiger partial charge in [-0.1, -0.05) is 25.1 Å². The Labute approximate surface area is 123 Å². The van der Waals surface area contributed by atoms with Crippen LogP contribution in [0.25, 0.3) is 10.1 Å². The van der Waals surface area contributed by atoms with Gasteiger partial charge in [-0.15, -0.1) is 11.3 Å². The van der Waals surface area contributed by atoms with Gasteiger partial charge in [0.2, 0.25) is 0 Å². The van der Waals surface area contributed by atoms with E-state index in [0.29, 0.717) is 22.5 Å². The Hall–Kier alpha value is -1.55. The summed E-state index contributed by atoms with van der Waals surface area (Å²) in [4.78, 5) is 15.5. The van der Waals surface area contributed by atoms with Gasteiger partial charge in [-0.3, -0.25) is 4.79 Å². The molecule has 1 aromatic heterocycles. The average Bonchev–Trinajstić information content (AvgIpc) is 2.76. The van der Waals surface area contributed by atoms with Gasteiger partial charge in [0.15, 0.2) is 0 Å². The molecule has 20 heavy (non-hydrogen) atoms. The summed E-state index contributed by atoms with van der Waals surface area (Å²) in [5.41, 5.74) is 6.82. The standard InChI is InChI=1S/C16H20N2OS/c1-10-7-8-18(11(2)9-10)16(19)15-14(17)12-5-3-4-6-13(12)20-15/h3-6,10-11H,7-9,17H2,1-2H3. The average molecular weight is 288 g/mol. The van der Waals surface area contributed by atoms with Crippen LogP contribution in [0, 0.1) is 5.92 Å². The number of hydrogen-bond acceptors (Lipinski definition) is 3. The third kappa shape index (κ3) is 2.18.